The van der Waals surface area contributed by atoms with Crippen molar-refractivity contribution >= 4 is 28.1 Å². The maximum absolute atomic E-state index is 6.10. The molecular formula is C26H27BrN4O3S. The van der Waals surface area contributed by atoms with E-state index in [-0.39, 0.29) is 0 Å². The molecule has 0 fully saturated rings. The summed E-state index contributed by atoms with van der Waals surface area (Å²) >= 11 is 9.15. The number of hydrogen-bond donors (Lipinski definition) is 2. The number of rotatable bonds is 10. The van der Waals surface area contributed by atoms with Crippen molar-refractivity contribution in [2.24, 2.45) is 0 Å². The van der Waals surface area contributed by atoms with Crippen LogP contribution in [0.5, 0.6) is 17.2 Å². The van der Waals surface area contributed by atoms with E-state index in [1.165, 1.54) is 5.56 Å². The van der Waals surface area contributed by atoms with Crippen LogP contribution in [0.3, 0.4) is 0 Å². The van der Waals surface area contributed by atoms with Gasteiger partial charge in [-0.05, 0) is 61.5 Å². The molecule has 182 valence electrons. The minimum Gasteiger partial charge on any atom is -0.496 e. The van der Waals surface area contributed by atoms with Crippen molar-refractivity contribution in [3.63, 3.8) is 0 Å². The first-order chi connectivity index (χ1) is 17.0. The Morgan fingerprint density at radius 1 is 1.03 bits per heavy atom. The van der Waals surface area contributed by atoms with Gasteiger partial charge in [-0.25, -0.2) is 9.77 Å². The first kappa shape index (κ1) is 24.8. The number of para-hydroxylation sites is 1. The van der Waals surface area contributed by atoms with Crippen LogP contribution in [0.15, 0.2) is 65.1 Å². The number of nitrogens with one attached hydrogen (secondary N) is 2. The summed E-state index contributed by atoms with van der Waals surface area (Å²) < 4.78 is 20.6. The van der Waals surface area contributed by atoms with Gasteiger partial charge in [0.25, 0.3) is 0 Å². The summed E-state index contributed by atoms with van der Waals surface area (Å²) in [6.45, 7) is 5.47. The van der Waals surface area contributed by atoms with Crippen molar-refractivity contribution in [1.82, 2.24) is 14.9 Å². The molecule has 0 saturated heterocycles. The normalized spacial score (nSPS) is 10.7. The number of halogens is 1. The van der Waals surface area contributed by atoms with Crippen LogP contribution in [0.1, 0.15) is 23.6 Å². The third-order valence-electron chi connectivity index (χ3n) is 5.38. The van der Waals surface area contributed by atoms with Gasteiger partial charge in [0.1, 0.15) is 12.4 Å². The van der Waals surface area contributed by atoms with E-state index in [2.05, 4.69) is 62.7 Å². The molecule has 3 aromatic carbocycles. The van der Waals surface area contributed by atoms with Crippen LogP contribution in [0, 0.1) is 11.7 Å². The van der Waals surface area contributed by atoms with Gasteiger partial charge < -0.3 is 19.6 Å². The van der Waals surface area contributed by atoms with E-state index in [0.29, 0.717) is 47.6 Å². The fraction of sp³-hybridized carbons (Fsp3) is 0.231. The number of hydrogen-bond acceptors (Lipinski definition) is 6. The monoisotopic (exact) mass is 554 g/mol. The molecule has 1 heterocycles. The predicted octanol–water partition coefficient (Wildman–Crippen LogP) is 6.41. The van der Waals surface area contributed by atoms with E-state index >= 15 is 0 Å². The van der Waals surface area contributed by atoms with E-state index < -0.39 is 0 Å². The molecule has 0 atom stereocenters. The molecule has 2 N–H and O–H groups in total. The quantitative estimate of drug-likeness (QED) is 0.221. The number of benzene rings is 3. The Kier molecular flexibility index (Phi) is 8.09. The van der Waals surface area contributed by atoms with Crippen molar-refractivity contribution in [3.8, 4) is 28.6 Å². The fourth-order valence-electron chi connectivity index (χ4n) is 3.56. The zero-order valence-corrected chi connectivity index (χ0v) is 22.2. The Hall–Kier alpha value is -3.30. The lowest BCUT2D eigenvalue weighted by Crippen LogP contribution is -2.16. The van der Waals surface area contributed by atoms with Crippen LogP contribution in [0.2, 0.25) is 0 Å². The van der Waals surface area contributed by atoms with Crippen LogP contribution < -0.4 is 19.6 Å². The second-order valence-electron chi connectivity index (χ2n) is 7.82. The van der Waals surface area contributed by atoms with Crippen molar-refractivity contribution in [1.29, 1.82) is 0 Å². The topological polar surface area (TPSA) is 73.3 Å². The van der Waals surface area contributed by atoms with Gasteiger partial charge in [-0.3, -0.25) is 0 Å². The zero-order valence-electron chi connectivity index (χ0n) is 19.8. The number of ether oxygens (including phenoxy) is 3. The molecule has 0 aliphatic carbocycles. The van der Waals surface area contributed by atoms with Crippen LogP contribution in [0.4, 0.5) is 0 Å². The summed E-state index contributed by atoms with van der Waals surface area (Å²) in [5.74, 6) is 2.70. The van der Waals surface area contributed by atoms with Gasteiger partial charge in [0.2, 0.25) is 4.77 Å². The summed E-state index contributed by atoms with van der Waals surface area (Å²) in [6.07, 6.45) is 0. The third-order valence-corrected chi connectivity index (χ3v) is 6.39. The van der Waals surface area contributed by atoms with Crippen LogP contribution in [-0.2, 0) is 13.2 Å². The Morgan fingerprint density at radius 3 is 2.51 bits per heavy atom. The first-order valence-electron chi connectivity index (χ1n) is 11.2. The van der Waals surface area contributed by atoms with Gasteiger partial charge in [0.05, 0.1) is 25.8 Å². The molecule has 4 rings (SSSR count). The Morgan fingerprint density at radius 2 is 1.77 bits per heavy atom. The molecule has 1 aromatic heterocycles. The molecule has 0 amide bonds. The number of methoxy groups -OCH3 is 1. The Bertz CT molecular complexity index is 1350. The lowest BCUT2D eigenvalue weighted by molar-refractivity contribution is 0.269. The maximum atomic E-state index is 6.10. The largest absolute Gasteiger partial charge is 0.496 e. The van der Waals surface area contributed by atoms with E-state index in [0.717, 1.165) is 21.2 Å². The molecule has 0 radical (unpaired) electrons. The van der Waals surface area contributed by atoms with Crippen molar-refractivity contribution in [2.45, 2.75) is 27.0 Å². The number of aryl methyl sites for hydroxylation is 1. The summed E-state index contributed by atoms with van der Waals surface area (Å²) in [5, 5.41) is 7.25. The maximum Gasteiger partial charge on any atom is 0.214 e. The number of nitrogens with zero attached hydrogens (tertiary/aromatic N) is 2. The highest BCUT2D eigenvalue weighted by atomic mass is 79.9. The van der Waals surface area contributed by atoms with E-state index in [9.17, 15) is 0 Å². The smallest absolute Gasteiger partial charge is 0.214 e. The molecule has 0 aliphatic rings. The van der Waals surface area contributed by atoms with Gasteiger partial charge in [-0.2, -0.15) is 5.10 Å². The van der Waals surface area contributed by atoms with E-state index in [1.807, 2.05) is 43.3 Å². The molecule has 0 unspecified atom stereocenters. The molecule has 4 aromatic rings. The lowest BCUT2D eigenvalue weighted by Gasteiger charge is -2.17. The minimum atomic E-state index is 0.449. The molecule has 35 heavy (non-hydrogen) atoms. The fourth-order valence-corrected chi connectivity index (χ4v) is 4.22. The van der Waals surface area contributed by atoms with Gasteiger partial charge in [0.15, 0.2) is 17.3 Å². The predicted molar refractivity (Wildman–Crippen MR) is 143 cm³/mol. The second kappa shape index (κ2) is 11.4. The van der Waals surface area contributed by atoms with E-state index in [1.54, 1.807) is 11.8 Å². The highest BCUT2D eigenvalue weighted by molar-refractivity contribution is 9.10. The Labute approximate surface area is 218 Å². The number of aromatic nitrogens is 3. The van der Waals surface area contributed by atoms with Gasteiger partial charge >= 0.3 is 0 Å². The van der Waals surface area contributed by atoms with Crippen LogP contribution in [0.25, 0.3) is 11.4 Å². The summed E-state index contributed by atoms with van der Waals surface area (Å²) in [6, 6.07) is 19.9. The van der Waals surface area contributed by atoms with Gasteiger partial charge in [-0.1, -0.05) is 57.9 Å². The molecule has 0 aliphatic heterocycles. The van der Waals surface area contributed by atoms with Crippen molar-refractivity contribution in [2.75, 3.05) is 19.1 Å². The van der Waals surface area contributed by atoms with Gasteiger partial charge in [0, 0.05) is 4.47 Å². The highest BCUT2D eigenvalue weighted by Gasteiger charge is 2.15. The first-order valence-corrected chi connectivity index (χ1v) is 12.4. The molecular weight excluding hydrogens is 528 g/mol. The molecule has 0 bridgehead atoms. The summed E-state index contributed by atoms with van der Waals surface area (Å²) in [4.78, 5) is 0. The highest BCUT2D eigenvalue weighted by Crippen LogP contribution is 2.35. The zero-order chi connectivity index (χ0) is 24.8. The number of aromatic amines is 1. The van der Waals surface area contributed by atoms with E-state index in [4.69, 9.17) is 26.4 Å². The van der Waals surface area contributed by atoms with Gasteiger partial charge in [-0.15, -0.1) is 0 Å². The number of H-pyrrole nitrogens is 1. The molecule has 0 saturated carbocycles. The van der Waals surface area contributed by atoms with Crippen LogP contribution >= 0.6 is 28.1 Å². The average molecular weight is 555 g/mol. The summed E-state index contributed by atoms with van der Waals surface area (Å²) in [7, 11) is 1.63. The summed E-state index contributed by atoms with van der Waals surface area (Å²) in [5.41, 5.74) is 7.47. The standard InChI is InChI=1S/C26H27BrN4O3S/c1-4-33-23-13-19(21(27)14-24(23)34-16-18-11-9-17(2)10-12-18)15-28-31-25(29-30-26(31)35)20-7-5-6-8-22(20)32-3/h5-14,28H,4,15-16H2,1-3H3,(H,30,35). The molecule has 7 nitrogen and oxygen atoms in total. The molecule has 9 heteroatoms. The Balaban J connectivity index is 1.55. The minimum absolute atomic E-state index is 0.449. The molecule has 0 spiro atoms. The lowest BCUT2D eigenvalue weighted by atomic mass is 10.1. The average Bonchev–Trinajstić information content (AvgIpc) is 3.24. The van der Waals surface area contributed by atoms with Crippen LogP contribution in [-0.4, -0.2) is 28.6 Å². The SMILES string of the molecule is CCOc1cc(CNn2c(-c3ccccc3OC)n[nH]c2=S)c(Br)cc1OCc1ccc(C)cc1. The third kappa shape index (κ3) is 5.86. The van der Waals surface area contributed by atoms with Crippen molar-refractivity contribution in [3.05, 3.63) is 86.6 Å². The van der Waals surface area contributed by atoms with Crippen molar-refractivity contribution < 1.29 is 14.2 Å². The second-order valence-corrected chi connectivity index (χ2v) is 9.06.